The lowest BCUT2D eigenvalue weighted by Crippen LogP contribution is -2.24. The van der Waals surface area contributed by atoms with E-state index in [-0.39, 0.29) is 0 Å². The number of nitrogens with one attached hydrogen (secondary N) is 1. The van der Waals surface area contributed by atoms with Gasteiger partial charge in [0.05, 0.1) is 6.21 Å². The van der Waals surface area contributed by atoms with E-state index in [2.05, 4.69) is 10.5 Å². The minimum Gasteiger partial charge on any atom is -0.488 e. The van der Waals surface area contributed by atoms with Crippen LogP contribution in [-0.2, 0) is 6.61 Å². The number of primary amides is 1. The van der Waals surface area contributed by atoms with Gasteiger partial charge in [-0.1, -0.05) is 41.4 Å². The number of urea groups is 1. The lowest BCUT2D eigenvalue weighted by molar-refractivity contribution is 0.249. The van der Waals surface area contributed by atoms with E-state index in [0.29, 0.717) is 28.0 Å². The Kier molecular flexibility index (Phi) is 5.63. The Morgan fingerprint density at radius 3 is 2.77 bits per heavy atom. The van der Waals surface area contributed by atoms with E-state index < -0.39 is 6.03 Å². The van der Waals surface area contributed by atoms with Crippen LogP contribution in [0, 0.1) is 0 Å². The summed E-state index contributed by atoms with van der Waals surface area (Å²) >= 11 is 12.0. The summed E-state index contributed by atoms with van der Waals surface area (Å²) < 4.78 is 5.74. The number of amides is 2. The SMILES string of the molecule is NC(=O)NN=Cc1cc(Cl)ccc1OCc1ccccc1Cl. The molecule has 7 heteroatoms. The molecule has 114 valence electrons. The molecule has 0 unspecified atom stereocenters. The minimum atomic E-state index is -0.753. The fourth-order valence-corrected chi connectivity index (χ4v) is 2.06. The lowest BCUT2D eigenvalue weighted by Gasteiger charge is -2.10. The van der Waals surface area contributed by atoms with Gasteiger partial charge in [0.25, 0.3) is 0 Å². The molecular weight excluding hydrogens is 325 g/mol. The van der Waals surface area contributed by atoms with Gasteiger partial charge in [0, 0.05) is 21.2 Å². The van der Waals surface area contributed by atoms with Crippen LogP contribution >= 0.6 is 23.2 Å². The first-order valence-corrected chi connectivity index (χ1v) is 7.06. The summed E-state index contributed by atoms with van der Waals surface area (Å²) in [5.74, 6) is 0.555. The number of hydrogen-bond donors (Lipinski definition) is 2. The molecule has 0 radical (unpaired) electrons. The van der Waals surface area contributed by atoms with Crippen molar-refractivity contribution in [1.29, 1.82) is 0 Å². The van der Waals surface area contributed by atoms with Gasteiger partial charge in [0.1, 0.15) is 12.4 Å². The third kappa shape index (κ3) is 4.65. The Bertz CT molecular complexity index is 705. The van der Waals surface area contributed by atoms with E-state index in [1.165, 1.54) is 6.21 Å². The van der Waals surface area contributed by atoms with Crippen LogP contribution in [0.2, 0.25) is 10.0 Å². The Morgan fingerprint density at radius 1 is 1.27 bits per heavy atom. The third-order valence-corrected chi connectivity index (χ3v) is 3.30. The number of benzene rings is 2. The Hall–Kier alpha value is -2.24. The largest absolute Gasteiger partial charge is 0.488 e. The maximum absolute atomic E-state index is 10.6. The highest BCUT2D eigenvalue weighted by Gasteiger charge is 2.05. The highest BCUT2D eigenvalue weighted by atomic mass is 35.5. The number of hydrogen-bond acceptors (Lipinski definition) is 3. The fourth-order valence-electron chi connectivity index (χ4n) is 1.69. The van der Waals surface area contributed by atoms with Crippen molar-refractivity contribution in [2.24, 2.45) is 10.8 Å². The molecule has 22 heavy (non-hydrogen) atoms. The predicted molar refractivity (Wildman–Crippen MR) is 87.5 cm³/mol. The second-order valence-electron chi connectivity index (χ2n) is 4.30. The monoisotopic (exact) mass is 337 g/mol. The van der Waals surface area contributed by atoms with Crippen LogP contribution in [0.4, 0.5) is 4.79 Å². The van der Waals surface area contributed by atoms with Gasteiger partial charge in [0.15, 0.2) is 0 Å². The molecule has 3 N–H and O–H groups in total. The zero-order chi connectivity index (χ0) is 15.9. The van der Waals surface area contributed by atoms with Crippen molar-refractivity contribution < 1.29 is 9.53 Å². The number of carbonyl (C=O) groups is 1. The summed E-state index contributed by atoms with van der Waals surface area (Å²) in [7, 11) is 0. The van der Waals surface area contributed by atoms with Crippen molar-refractivity contribution in [2.75, 3.05) is 0 Å². The predicted octanol–water partition coefficient (Wildman–Crippen LogP) is 3.57. The summed E-state index contributed by atoms with van der Waals surface area (Å²) in [5.41, 5.74) is 8.52. The van der Waals surface area contributed by atoms with Crippen LogP contribution in [0.5, 0.6) is 5.75 Å². The molecule has 5 nitrogen and oxygen atoms in total. The van der Waals surface area contributed by atoms with Crippen molar-refractivity contribution in [3.63, 3.8) is 0 Å². The molecule has 2 amide bonds. The van der Waals surface area contributed by atoms with E-state index in [1.54, 1.807) is 24.3 Å². The molecule has 0 saturated carbocycles. The Labute approximate surface area is 137 Å². The minimum absolute atomic E-state index is 0.297. The average Bonchev–Trinajstić information content (AvgIpc) is 2.47. The van der Waals surface area contributed by atoms with Gasteiger partial charge < -0.3 is 10.5 Å². The number of hydrazone groups is 1. The number of nitrogens with zero attached hydrogens (tertiary/aromatic N) is 1. The number of ether oxygens (including phenoxy) is 1. The zero-order valence-corrected chi connectivity index (χ0v) is 12.9. The van der Waals surface area contributed by atoms with Crippen LogP contribution in [0.25, 0.3) is 0 Å². The van der Waals surface area contributed by atoms with Crippen LogP contribution in [0.3, 0.4) is 0 Å². The highest BCUT2D eigenvalue weighted by Crippen LogP contribution is 2.24. The van der Waals surface area contributed by atoms with Crippen molar-refractivity contribution >= 4 is 35.4 Å². The summed E-state index contributed by atoms with van der Waals surface area (Å²) in [6.07, 6.45) is 1.40. The molecule has 0 spiro atoms. The van der Waals surface area contributed by atoms with Crippen LogP contribution < -0.4 is 15.9 Å². The topological polar surface area (TPSA) is 76.7 Å². The van der Waals surface area contributed by atoms with Crippen molar-refractivity contribution in [3.8, 4) is 5.75 Å². The van der Waals surface area contributed by atoms with Crippen molar-refractivity contribution in [2.45, 2.75) is 6.61 Å². The molecule has 2 aromatic rings. The molecule has 0 aromatic heterocycles. The van der Waals surface area contributed by atoms with Gasteiger partial charge in [-0.05, 0) is 24.3 Å². The normalized spacial score (nSPS) is 10.6. The summed E-state index contributed by atoms with van der Waals surface area (Å²) in [5, 5.41) is 4.85. The second-order valence-corrected chi connectivity index (χ2v) is 5.14. The molecule has 2 aromatic carbocycles. The Morgan fingerprint density at radius 2 is 2.05 bits per heavy atom. The van der Waals surface area contributed by atoms with E-state index in [1.807, 2.05) is 18.2 Å². The van der Waals surface area contributed by atoms with E-state index in [4.69, 9.17) is 33.7 Å². The van der Waals surface area contributed by atoms with Gasteiger partial charge in [-0.2, -0.15) is 5.10 Å². The van der Waals surface area contributed by atoms with Crippen molar-refractivity contribution in [1.82, 2.24) is 5.43 Å². The van der Waals surface area contributed by atoms with Gasteiger partial charge in [-0.25, -0.2) is 10.2 Å². The molecule has 0 aliphatic heterocycles. The molecule has 0 bridgehead atoms. The molecule has 0 heterocycles. The number of carbonyl (C=O) groups excluding carboxylic acids is 1. The number of halogens is 2. The lowest BCUT2D eigenvalue weighted by atomic mass is 10.2. The van der Waals surface area contributed by atoms with E-state index in [9.17, 15) is 4.79 Å². The molecule has 0 saturated heterocycles. The fraction of sp³-hybridized carbons (Fsp3) is 0.0667. The quantitative estimate of drug-likeness (QED) is 0.646. The third-order valence-electron chi connectivity index (χ3n) is 2.69. The first kappa shape index (κ1) is 16.1. The van der Waals surface area contributed by atoms with Crippen molar-refractivity contribution in [3.05, 3.63) is 63.6 Å². The molecule has 0 atom stereocenters. The first-order chi connectivity index (χ1) is 10.6. The van der Waals surface area contributed by atoms with E-state index >= 15 is 0 Å². The van der Waals surface area contributed by atoms with Gasteiger partial charge >= 0.3 is 6.03 Å². The molecule has 0 fully saturated rings. The number of rotatable bonds is 5. The second kappa shape index (κ2) is 7.68. The number of nitrogens with two attached hydrogens (primary N) is 1. The molecule has 0 aliphatic carbocycles. The molecular formula is C15H13Cl2N3O2. The van der Waals surface area contributed by atoms with Crippen LogP contribution in [-0.4, -0.2) is 12.2 Å². The summed E-state index contributed by atoms with van der Waals surface area (Å²) in [6, 6.07) is 11.7. The van der Waals surface area contributed by atoms with E-state index in [0.717, 1.165) is 5.56 Å². The zero-order valence-electron chi connectivity index (χ0n) is 11.4. The molecule has 0 aliphatic rings. The van der Waals surface area contributed by atoms with Gasteiger partial charge in [-0.15, -0.1) is 0 Å². The first-order valence-electron chi connectivity index (χ1n) is 6.30. The van der Waals surface area contributed by atoms with Gasteiger partial charge in [-0.3, -0.25) is 0 Å². The summed E-state index contributed by atoms with van der Waals surface area (Å²) in [4.78, 5) is 10.6. The standard InChI is InChI=1S/C15H13Cl2N3O2/c16-12-5-6-14(11(7-12)8-19-20-15(18)21)22-9-10-3-1-2-4-13(10)17/h1-8H,9H2,(H3,18,20,21). The Balaban J connectivity index is 2.14. The highest BCUT2D eigenvalue weighted by molar-refractivity contribution is 6.31. The van der Waals surface area contributed by atoms with Crippen LogP contribution in [0.1, 0.15) is 11.1 Å². The maximum atomic E-state index is 10.6. The summed E-state index contributed by atoms with van der Waals surface area (Å²) in [6.45, 7) is 0.297. The average molecular weight is 338 g/mol. The molecule has 2 rings (SSSR count). The van der Waals surface area contributed by atoms with Gasteiger partial charge in [0.2, 0.25) is 0 Å². The maximum Gasteiger partial charge on any atom is 0.332 e. The van der Waals surface area contributed by atoms with Crippen LogP contribution in [0.15, 0.2) is 47.6 Å². The smallest absolute Gasteiger partial charge is 0.332 e.